The van der Waals surface area contributed by atoms with Crippen molar-refractivity contribution in [3.8, 4) is 11.5 Å². The van der Waals surface area contributed by atoms with Crippen LogP contribution in [0.4, 0.5) is 0 Å². The number of methoxy groups -OCH3 is 2. The molecule has 0 aromatic heterocycles. The summed E-state index contributed by atoms with van der Waals surface area (Å²) in [5.41, 5.74) is 2.28. The normalized spacial score (nSPS) is 21.4. The Morgan fingerprint density at radius 1 is 0.833 bits per heavy atom. The van der Waals surface area contributed by atoms with Crippen LogP contribution < -0.4 is 14.8 Å². The Kier molecular flexibility index (Phi) is 8.32. The van der Waals surface area contributed by atoms with Gasteiger partial charge in [0.2, 0.25) is 0 Å². The molecule has 3 rings (SSSR count). The number of Topliss-reactive ketones (excluding diaryl/α,β-unsaturated/α-hetero) is 1. The van der Waals surface area contributed by atoms with Gasteiger partial charge in [-0.05, 0) is 41.8 Å². The van der Waals surface area contributed by atoms with Gasteiger partial charge in [0, 0.05) is 24.4 Å². The second kappa shape index (κ2) is 11.2. The minimum absolute atomic E-state index is 0.0202. The zero-order valence-corrected chi connectivity index (χ0v) is 18.5. The lowest BCUT2D eigenvalue weighted by Gasteiger charge is -2.37. The Morgan fingerprint density at radius 2 is 1.40 bits per heavy atom. The molecule has 1 fully saturated rings. The third kappa shape index (κ3) is 5.63. The molecule has 1 N–H and O–H groups in total. The van der Waals surface area contributed by atoms with E-state index in [0.717, 1.165) is 35.5 Å². The average molecular weight is 410 g/mol. The van der Waals surface area contributed by atoms with E-state index >= 15 is 0 Å². The first-order valence-corrected chi connectivity index (χ1v) is 11.2. The van der Waals surface area contributed by atoms with Crippen molar-refractivity contribution in [2.24, 2.45) is 5.92 Å². The fourth-order valence-electron chi connectivity index (χ4n) is 4.42. The molecule has 3 atom stereocenters. The van der Waals surface area contributed by atoms with Crippen LogP contribution in [0.15, 0.2) is 48.5 Å². The van der Waals surface area contributed by atoms with E-state index in [1.165, 1.54) is 25.7 Å². The summed E-state index contributed by atoms with van der Waals surface area (Å²) in [7, 11) is 3.35. The third-order valence-corrected chi connectivity index (χ3v) is 6.21. The molecule has 4 heteroatoms. The van der Waals surface area contributed by atoms with Gasteiger partial charge in [0.1, 0.15) is 17.3 Å². The maximum Gasteiger partial charge on any atom is 0.139 e. The monoisotopic (exact) mass is 409 g/mol. The summed E-state index contributed by atoms with van der Waals surface area (Å²) in [6.07, 6.45) is 7.57. The first-order valence-electron chi connectivity index (χ1n) is 11.2. The van der Waals surface area contributed by atoms with Gasteiger partial charge in [-0.2, -0.15) is 0 Å². The van der Waals surface area contributed by atoms with Gasteiger partial charge in [-0.15, -0.1) is 0 Å². The number of nitrogens with one attached hydrogen (secondary N) is 1. The van der Waals surface area contributed by atoms with Crippen LogP contribution in [0.1, 0.15) is 75.1 Å². The van der Waals surface area contributed by atoms with E-state index in [-0.39, 0.29) is 18.0 Å². The average Bonchev–Trinajstić information content (AvgIpc) is 2.79. The van der Waals surface area contributed by atoms with E-state index < -0.39 is 0 Å². The largest absolute Gasteiger partial charge is 0.497 e. The van der Waals surface area contributed by atoms with Crippen molar-refractivity contribution >= 4 is 5.78 Å². The molecule has 0 spiro atoms. The van der Waals surface area contributed by atoms with Crippen molar-refractivity contribution in [2.45, 2.75) is 64.0 Å². The predicted molar refractivity (Wildman–Crippen MR) is 121 cm³/mol. The summed E-state index contributed by atoms with van der Waals surface area (Å²) >= 11 is 0. The summed E-state index contributed by atoms with van der Waals surface area (Å²) in [5, 5.41) is 3.79. The standard InChI is InChI=1S/C26H35NO3/c1-4-5-6-7-8-9-23-25(28)18-24(19-10-14-21(29-2)15-11-19)27-26(23)20-12-16-22(30-3)17-13-20/h10-17,23-24,26-27H,4-9,18H2,1-3H3/t23-,24+,26-/m1/s1. The second-order valence-electron chi connectivity index (χ2n) is 8.22. The summed E-state index contributed by atoms with van der Waals surface area (Å²) in [4.78, 5) is 13.2. The molecular weight excluding hydrogens is 374 g/mol. The molecule has 0 amide bonds. The van der Waals surface area contributed by atoms with E-state index in [1.54, 1.807) is 14.2 Å². The van der Waals surface area contributed by atoms with Gasteiger partial charge in [0.05, 0.1) is 14.2 Å². The van der Waals surface area contributed by atoms with Crippen LogP contribution in [-0.4, -0.2) is 20.0 Å². The number of ketones is 1. The lowest BCUT2D eigenvalue weighted by Crippen LogP contribution is -2.42. The van der Waals surface area contributed by atoms with Crippen LogP contribution in [0.25, 0.3) is 0 Å². The topological polar surface area (TPSA) is 47.6 Å². The summed E-state index contributed by atoms with van der Waals surface area (Å²) in [5.74, 6) is 2.06. The molecule has 0 aliphatic carbocycles. The van der Waals surface area contributed by atoms with Crippen LogP contribution in [0.3, 0.4) is 0 Å². The Morgan fingerprint density at radius 3 is 1.97 bits per heavy atom. The summed E-state index contributed by atoms with van der Waals surface area (Å²) in [6, 6.07) is 16.2. The fraction of sp³-hybridized carbons (Fsp3) is 0.500. The highest BCUT2D eigenvalue weighted by atomic mass is 16.5. The van der Waals surface area contributed by atoms with Gasteiger partial charge in [-0.1, -0.05) is 63.3 Å². The van der Waals surface area contributed by atoms with Crippen LogP contribution in [0.2, 0.25) is 0 Å². The Hall–Kier alpha value is -2.33. The lowest BCUT2D eigenvalue weighted by atomic mass is 9.78. The van der Waals surface area contributed by atoms with Gasteiger partial charge < -0.3 is 14.8 Å². The number of unbranched alkanes of at least 4 members (excludes halogenated alkanes) is 4. The fourth-order valence-corrected chi connectivity index (χ4v) is 4.42. The summed E-state index contributed by atoms with van der Waals surface area (Å²) in [6.45, 7) is 2.23. The van der Waals surface area contributed by atoms with Crippen molar-refractivity contribution in [3.05, 3.63) is 59.7 Å². The molecule has 4 nitrogen and oxygen atoms in total. The predicted octanol–water partition coefficient (Wildman–Crippen LogP) is 6.03. The molecule has 1 aliphatic heterocycles. The molecular formula is C26H35NO3. The van der Waals surface area contributed by atoms with Crippen LogP contribution in [0.5, 0.6) is 11.5 Å². The first-order chi connectivity index (χ1) is 14.7. The molecule has 1 saturated heterocycles. The lowest BCUT2D eigenvalue weighted by molar-refractivity contribution is -0.127. The minimum atomic E-state index is 0.0202. The Bertz CT molecular complexity index is 785. The van der Waals surface area contributed by atoms with Crippen molar-refractivity contribution in [1.29, 1.82) is 0 Å². The Labute approximate surface area is 181 Å². The van der Waals surface area contributed by atoms with Crippen LogP contribution in [-0.2, 0) is 4.79 Å². The first kappa shape index (κ1) is 22.4. The van der Waals surface area contributed by atoms with Crippen LogP contribution >= 0.6 is 0 Å². The quantitative estimate of drug-likeness (QED) is 0.487. The molecule has 30 heavy (non-hydrogen) atoms. The molecule has 1 aliphatic rings. The summed E-state index contributed by atoms with van der Waals surface area (Å²) < 4.78 is 10.6. The van der Waals surface area contributed by atoms with E-state index in [0.29, 0.717) is 12.2 Å². The van der Waals surface area contributed by atoms with Gasteiger partial charge in [0.25, 0.3) is 0 Å². The van der Waals surface area contributed by atoms with E-state index in [2.05, 4.69) is 36.5 Å². The maximum atomic E-state index is 13.2. The Balaban J connectivity index is 1.78. The number of hydrogen-bond donors (Lipinski definition) is 1. The van der Waals surface area contributed by atoms with Gasteiger partial charge in [-0.3, -0.25) is 4.79 Å². The van der Waals surface area contributed by atoms with Crippen molar-refractivity contribution in [3.63, 3.8) is 0 Å². The minimum Gasteiger partial charge on any atom is -0.497 e. The molecule has 2 aromatic rings. The number of piperidine rings is 1. The number of carbonyl (C=O) groups excluding carboxylic acids is 1. The van der Waals surface area contributed by atoms with Crippen LogP contribution in [0, 0.1) is 5.92 Å². The zero-order chi connectivity index (χ0) is 21.3. The molecule has 162 valence electrons. The number of ether oxygens (including phenoxy) is 2. The SMILES string of the molecule is CCCCCCC[C@@H]1C(=O)C[C@@H](c2ccc(OC)cc2)N[C@@H]1c1ccc(OC)cc1. The maximum absolute atomic E-state index is 13.2. The zero-order valence-electron chi connectivity index (χ0n) is 18.5. The van der Waals surface area contributed by atoms with Gasteiger partial charge in [-0.25, -0.2) is 0 Å². The molecule has 2 aromatic carbocycles. The van der Waals surface area contributed by atoms with Crippen molar-refractivity contribution in [1.82, 2.24) is 5.32 Å². The molecule has 0 unspecified atom stereocenters. The number of carbonyl (C=O) groups is 1. The molecule has 1 heterocycles. The highest BCUT2D eigenvalue weighted by Gasteiger charge is 2.37. The molecule has 0 radical (unpaired) electrons. The highest BCUT2D eigenvalue weighted by Crippen LogP contribution is 2.38. The van der Waals surface area contributed by atoms with E-state index in [1.807, 2.05) is 24.3 Å². The number of benzene rings is 2. The molecule has 0 saturated carbocycles. The highest BCUT2D eigenvalue weighted by molar-refractivity contribution is 5.83. The molecule has 0 bridgehead atoms. The van der Waals surface area contributed by atoms with Gasteiger partial charge >= 0.3 is 0 Å². The van der Waals surface area contributed by atoms with E-state index in [4.69, 9.17) is 9.47 Å². The second-order valence-corrected chi connectivity index (χ2v) is 8.22. The smallest absolute Gasteiger partial charge is 0.139 e. The third-order valence-electron chi connectivity index (χ3n) is 6.21. The van der Waals surface area contributed by atoms with Gasteiger partial charge in [0.15, 0.2) is 0 Å². The van der Waals surface area contributed by atoms with Crippen molar-refractivity contribution < 1.29 is 14.3 Å². The van der Waals surface area contributed by atoms with Crippen molar-refractivity contribution in [2.75, 3.05) is 14.2 Å². The number of hydrogen-bond acceptors (Lipinski definition) is 4. The van der Waals surface area contributed by atoms with E-state index in [9.17, 15) is 4.79 Å². The number of rotatable bonds is 10.